The van der Waals surface area contributed by atoms with Crippen molar-refractivity contribution in [2.45, 2.75) is 0 Å². The van der Waals surface area contributed by atoms with E-state index in [9.17, 15) is 0 Å². The van der Waals surface area contributed by atoms with Gasteiger partial charge in [-0.15, -0.1) is 0 Å². The molecule has 0 N–H and O–H groups in total. The van der Waals surface area contributed by atoms with Gasteiger partial charge in [0.25, 0.3) is 0 Å². The van der Waals surface area contributed by atoms with Crippen LogP contribution in [0, 0.1) is 0 Å². The molecule has 19 valence electrons. The first-order valence-corrected chi connectivity index (χ1v) is 0.842. The summed E-state index contributed by atoms with van der Waals surface area (Å²) in [4.78, 5) is 0. The Morgan fingerprint density at radius 2 is 1.50 bits per heavy atom. The van der Waals surface area contributed by atoms with Crippen LogP contribution in [0.1, 0.15) is 1.43 Å². The molecule has 0 bridgehead atoms. The summed E-state index contributed by atoms with van der Waals surface area (Å²) in [5, 5.41) is 0. The maximum atomic E-state index is 8.25. The molecule has 4 heteroatoms. The molecule has 0 atom stereocenters. The van der Waals surface area contributed by atoms with Crippen LogP contribution in [0.15, 0.2) is 0 Å². The fourth-order valence-electron chi connectivity index (χ4n) is 0. The number of hydrogen-bond donors (Lipinski definition) is 0. The van der Waals surface area contributed by atoms with E-state index in [0.29, 0.717) is 0 Å². The van der Waals surface area contributed by atoms with E-state index < -0.39 is 0 Å². The van der Waals surface area contributed by atoms with Crippen molar-refractivity contribution in [1.29, 1.82) is 0 Å². The quantitative estimate of drug-likeness (QED) is 0.316. The first kappa shape index (κ1) is 17.4. The zero-order valence-corrected chi connectivity index (χ0v) is 5.03. The molecule has 0 saturated heterocycles. The molecule has 0 spiro atoms. The normalized spacial score (nSPS) is 0.750. The molecular formula is HLiMnOTi. The summed E-state index contributed by atoms with van der Waals surface area (Å²) >= 11 is 0.750. The summed E-state index contributed by atoms with van der Waals surface area (Å²) in [7, 11) is 0. The molecular weight excluding hydrogens is 126 g/mol. The van der Waals surface area contributed by atoms with Gasteiger partial charge in [-0.3, -0.25) is 0 Å². The van der Waals surface area contributed by atoms with Gasteiger partial charge < -0.3 is 1.43 Å². The Morgan fingerprint density at radius 1 is 1.50 bits per heavy atom. The Morgan fingerprint density at radius 3 is 1.50 bits per heavy atom. The average Bonchev–Trinajstić information content (AvgIpc) is 1.00. The van der Waals surface area contributed by atoms with Crippen molar-refractivity contribution in [3.05, 3.63) is 0 Å². The van der Waals surface area contributed by atoms with Gasteiger partial charge in [0, 0.05) is 17.1 Å². The average molecular weight is 127 g/mol. The standard InChI is InChI=1S/Li.Mn.O.Ti.H/q+1;;;;-1. The zero-order chi connectivity index (χ0) is 2.00. The van der Waals surface area contributed by atoms with Gasteiger partial charge in [-0.25, -0.2) is 0 Å². The summed E-state index contributed by atoms with van der Waals surface area (Å²) in [6, 6.07) is 0. The second-order valence-electron chi connectivity index (χ2n) is 0. The number of hydrogen-bond acceptors (Lipinski definition) is 1. The van der Waals surface area contributed by atoms with Gasteiger partial charge in [-0.05, 0) is 0 Å². The zero-order valence-electron chi connectivity index (χ0n) is 3.29. The fraction of sp³-hybridized carbons (Fsp3) is 0. The Balaban J connectivity index is -0.00000000167. The van der Waals surface area contributed by atoms with E-state index in [-0.39, 0.29) is 37.4 Å². The van der Waals surface area contributed by atoms with Crippen LogP contribution in [0.4, 0.5) is 0 Å². The minimum atomic E-state index is 0. The molecule has 4 heavy (non-hydrogen) atoms. The SMILES string of the molecule is [H-].[Li+].[Mn].[O]=[Ti]. The third-order valence-electron chi connectivity index (χ3n) is 0. The molecule has 0 amide bonds. The van der Waals surface area contributed by atoms with Gasteiger partial charge in [-0.2, -0.15) is 0 Å². The van der Waals surface area contributed by atoms with Crippen LogP contribution in [0.2, 0.25) is 0 Å². The first-order valence-electron chi connectivity index (χ1n) is 0.204. The fourth-order valence-corrected chi connectivity index (χ4v) is 0. The van der Waals surface area contributed by atoms with Gasteiger partial charge in [0.2, 0.25) is 0 Å². The molecule has 0 aromatic heterocycles. The molecule has 0 aromatic rings. The molecule has 1 radical (unpaired) electrons. The van der Waals surface area contributed by atoms with E-state index in [0.717, 1.165) is 20.4 Å². The van der Waals surface area contributed by atoms with Crippen LogP contribution in [-0.2, 0) is 40.8 Å². The van der Waals surface area contributed by atoms with E-state index in [1.807, 2.05) is 0 Å². The summed E-state index contributed by atoms with van der Waals surface area (Å²) in [6.07, 6.45) is 0. The van der Waals surface area contributed by atoms with Gasteiger partial charge in [0.05, 0.1) is 0 Å². The molecule has 0 unspecified atom stereocenters. The molecule has 1 nitrogen and oxygen atoms in total. The predicted molar refractivity (Wildman–Crippen MR) is 1.80 cm³/mol. The molecule has 0 saturated carbocycles. The van der Waals surface area contributed by atoms with Crippen molar-refractivity contribution in [3.63, 3.8) is 0 Å². The summed E-state index contributed by atoms with van der Waals surface area (Å²) in [5.41, 5.74) is 0. The molecule has 0 heterocycles. The predicted octanol–water partition coefficient (Wildman–Crippen LogP) is -3.01. The Labute approximate surface area is 60.8 Å². The van der Waals surface area contributed by atoms with Crippen molar-refractivity contribution >= 4 is 0 Å². The molecule has 0 rings (SSSR count). The third-order valence-corrected chi connectivity index (χ3v) is 0. The summed E-state index contributed by atoms with van der Waals surface area (Å²) in [6.45, 7) is 0. The molecule has 0 fully saturated rings. The molecule has 0 aliphatic rings. The van der Waals surface area contributed by atoms with Crippen molar-refractivity contribution in [2.24, 2.45) is 0 Å². The summed E-state index contributed by atoms with van der Waals surface area (Å²) in [5.74, 6) is 0. The van der Waals surface area contributed by atoms with E-state index in [1.54, 1.807) is 0 Å². The van der Waals surface area contributed by atoms with Crippen molar-refractivity contribution < 1.29 is 61.1 Å². The van der Waals surface area contributed by atoms with E-state index in [1.165, 1.54) is 0 Å². The van der Waals surface area contributed by atoms with Crippen LogP contribution < -0.4 is 18.9 Å². The van der Waals surface area contributed by atoms with Gasteiger partial charge in [0.15, 0.2) is 0 Å². The monoisotopic (exact) mass is 127 g/mol. The Hall–Kier alpha value is 1.63. The molecule has 0 aliphatic heterocycles. The van der Waals surface area contributed by atoms with Crippen LogP contribution in [0.5, 0.6) is 0 Å². The van der Waals surface area contributed by atoms with Gasteiger partial charge in [0.1, 0.15) is 0 Å². The maximum absolute atomic E-state index is 8.25. The van der Waals surface area contributed by atoms with Crippen molar-refractivity contribution in [2.75, 3.05) is 0 Å². The second kappa shape index (κ2) is 23.0. The van der Waals surface area contributed by atoms with Crippen LogP contribution in [0.3, 0.4) is 0 Å². The first-order chi connectivity index (χ1) is 1.00. The van der Waals surface area contributed by atoms with Gasteiger partial charge >= 0.3 is 42.6 Å². The van der Waals surface area contributed by atoms with Crippen LogP contribution in [0.25, 0.3) is 0 Å². The van der Waals surface area contributed by atoms with Crippen molar-refractivity contribution in [1.82, 2.24) is 0 Å². The van der Waals surface area contributed by atoms with E-state index in [2.05, 4.69) is 0 Å². The third kappa shape index (κ3) is 9.45. The van der Waals surface area contributed by atoms with Crippen LogP contribution >= 0.6 is 0 Å². The molecule has 0 aromatic carbocycles. The Kier molecular flexibility index (Phi) is 100. The van der Waals surface area contributed by atoms with E-state index in [4.69, 9.17) is 3.32 Å². The number of rotatable bonds is 0. The summed E-state index contributed by atoms with van der Waals surface area (Å²) < 4.78 is 8.25. The van der Waals surface area contributed by atoms with Gasteiger partial charge in [-0.1, -0.05) is 0 Å². The second-order valence-corrected chi connectivity index (χ2v) is 0. The van der Waals surface area contributed by atoms with E-state index >= 15 is 0 Å². The molecule has 0 aliphatic carbocycles. The van der Waals surface area contributed by atoms with Crippen LogP contribution in [-0.4, -0.2) is 0 Å². The topological polar surface area (TPSA) is 17.1 Å². The Bertz CT molecular complexity index is 11.6. The van der Waals surface area contributed by atoms with Crippen molar-refractivity contribution in [3.8, 4) is 0 Å². The minimum absolute atomic E-state index is 0.